The molecule has 1 aromatic rings. The van der Waals surface area contributed by atoms with Gasteiger partial charge < -0.3 is 19.7 Å². The van der Waals surface area contributed by atoms with Gasteiger partial charge >= 0.3 is 12.4 Å². The number of para-hydroxylation sites is 1. The van der Waals surface area contributed by atoms with Gasteiger partial charge in [0, 0.05) is 20.1 Å². The molecule has 2 rings (SSSR count). The van der Waals surface area contributed by atoms with Crippen molar-refractivity contribution in [1.82, 2.24) is 15.1 Å². The number of alkyl halides is 3. The van der Waals surface area contributed by atoms with Gasteiger partial charge in [0.1, 0.15) is 16.7 Å². The first-order valence-corrected chi connectivity index (χ1v) is 11.0. The summed E-state index contributed by atoms with van der Waals surface area (Å²) in [5.74, 6) is -2.57. The summed E-state index contributed by atoms with van der Waals surface area (Å²) in [6, 6.07) is 2.14. The molecule has 0 aromatic heterocycles. The highest BCUT2D eigenvalue weighted by Crippen LogP contribution is 2.30. The standard InChI is InChI=1S/C18H21F3N4O6S/c1-24(12-22)16(26)13(23-17(27)25-7-9-30-10-8-25)6-11-32(28,29)15-5-3-2-4-14(15)31-18(19,20)21/h2-5,13H,6-11H2,1H3,(H,23,27)/t13-/m0/s1. The first kappa shape index (κ1) is 25.2. The molecule has 1 atom stereocenters. The first-order chi connectivity index (χ1) is 14.9. The fourth-order valence-electron chi connectivity index (χ4n) is 2.85. The van der Waals surface area contributed by atoms with Gasteiger partial charge in [-0.1, -0.05) is 12.1 Å². The average molecular weight is 478 g/mol. The van der Waals surface area contributed by atoms with Crippen LogP contribution in [0.1, 0.15) is 6.42 Å². The zero-order valence-corrected chi connectivity index (χ0v) is 17.8. The molecule has 10 nitrogen and oxygen atoms in total. The summed E-state index contributed by atoms with van der Waals surface area (Å²) in [7, 11) is -3.21. The van der Waals surface area contributed by atoms with Crippen LogP contribution in [-0.2, 0) is 19.4 Å². The van der Waals surface area contributed by atoms with Crippen molar-refractivity contribution in [3.8, 4) is 11.9 Å². The van der Waals surface area contributed by atoms with E-state index in [1.165, 1.54) is 17.0 Å². The number of carbonyl (C=O) groups is 2. The van der Waals surface area contributed by atoms with Gasteiger partial charge in [-0.15, -0.1) is 13.2 Å². The smallest absolute Gasteiger partial charge is 0.404 e. The van der Waals surface area contributed by atoms with Gasteiger partial charge in [-0.3, -0.25) is 9.69 Å². The Labute approximate surface area is 182 Å². The summed E-state index contributed by atoms with van der Waals surface area (Å²) in [5.41, 5.74) is 0. The summed E-state index contributed by atoms with van der Waals surface area (Å²) in [6.07, 6.45) is -4.02. The van der Waals surface area contributed by atoms with Crippen molar-refractivity contribution in [2.75, 3.05) is 39.1 Å². The molecule has 14 heteroatoms. The fourth-order valence-corrected chi connectivity index (χ4v) is 4.31. The van der Waals surface area contributed by atoms with Gasteiger partial charge in [0.2, 0.25) is 0 Å². The lowest BCUT2D eigenvalue weighted by Crippen LogP contribution is -2.53. The van der Waals surface area contributed by atoms with Crippen molar-refractivity contribution >= 4 is 21.8 Å². The number of carbonyl (C=O) groups excluding carboxylic acids is 2. The number of nitrogens with one attached hydrogen (secondary N) is 1. The summed E-state index contributed by atoms with van der Waals surface area (Å²) < 4.78 is 72.2. The van der Waals surface area contributed by atoms with Crippen molar-refractivity contribution in [2.24, 2.45) is 0 Å². The molecular weight excluding hydrogens is 457 g/mol. The maximum atomic E-state index is 12.7. The van der Waals surface area contributed by atoms with Crippen LogP contribution in [0, 0.1) is 11.5 Å². The van der Waals surface area contributed by atoms with Gasteiger partial charge in [-0.25, -0.2) is 13.2 Å². The molecule has 1 aliphatic rings. The van der Waals surface area contributed by atoms with Crippen molar-refractivity contribution in [1.29, 1.82) is 5.26 Å². The van der Waals surface area contributed by atoms with Crippen LogP contribution >= 0.6 is 0 Å². The molecule has 0 aliphatic carbocycles. The highest BCUT2D eigenvalue weighted by Gasteiger charge is 2.35. The summed E-state index contributed by atoms with van der Waals surface area (Å²) >= 11 is 0. The highest BCUT2D eigenvalue weighted by atomic mass is 32.2. The Morgan fingerprint density at radius 3 is 2.53 bits per heavy atom. The Hall–Kier alpha value is -3.05. The molecule has 1 aliphatic heterocycles. The Bertz CT molecular complexity index is 974. The minimum absolute atomic E-state index is 0.251. The lowest BCUT2D eigenvalue weighted by atomic mass is 10.2. The monoisotopic (exact) mass is 478 g/mol. The number of sulfone groups is 1. The lowest BCUT2D eigenvalue weighted by Gasteiger charge is -2.29. The molecule has 176 valence electrons. The highest BCUT2D eigenvalue weighted by molar-refractivity contribution is 7.91. The number of likely N-dealkylation sites (N-methyl/N-ethyl adjacent to an activating group) is 1. The molecule has 0 radical (unpaired) electrons. The quantitative estimate of drug-likeness (QED) is 0.459. The largest absolute Gasteiger partial charge is 0.573 e. The molecule has 0 spiro atoms. The minimum Gasteiger partial charge on any atom is -0.404 e. The van der Waals surface area contributed by atoms with Gasteiger partial charge in [0.05, 0.1) is 19.0 Å². The summed E-state index contributed by atoms with van der Waals surface area (Å²) in [4.78, 5) is 26.2. The number of nitriles is 1. The van der Waals surface area contributed by atoms with E-state index in [4.69, 9.17) is 10.00 Å². The molecule has 32 heavy (non-hydrogen) atoms. The van der Waals surface area contributed by atoms with Crippen LogP contribution in [0.2, 0.25) is 0 Å². The van der Waals surface area contributed by atoms with Gasteiger partial charge in [0.25, 0.3) is 5.91 Å². The van der Waals surface area contributed by atoms with Crippen LogP contribution in [0.15, 0.2) is 29.2 Å². The van der Waals surface area contributed by atoms with Crippen LogP contribution < -0.4 is 10.1 Å². The number of ether oxygens (including phenoxy) is 2. The van der Waals surface area contributed by atoms with E-state index in [-0.39, 0.29) is 26.3 Å². The van der Waals surface area contributed by atoms with Crippen LogP contribution in [0.25, 0.3) is 0 Å². The molecular formula is C18H21F3N4O6S. The third-order valence-corrected chi connectivity index (χ3v) is 6.24. The van der Waals surface area contributed by atoms with Crippen molar-refractivity contribution in [2.45, 2.75) is 23.7 Å². The average Bonchev–Trinajstić information content (AvgIpc) is 2.75. The third kappa shape index (κ3) is 6.99. The molecule has 0 bridgehead atoms. The maximum absolute atomic E-state index is 12.7. The van der Waals surface area contributed by atoms with Crippen LogP contribution in [0.5, 0.6) is 5.75 Å². The molecule has 0 unspecified atom stereocenters. The predicted octanol–water partition coefficient (Wildman–Crippen LogP) is 1.10. The number of nitrogens with zero attached hydrogens (tertiary/aromatic N) is 3. The number of morpholine rings is 1. The molecule has 1 aromatic carbocycles. The summed E-state index contributed by atoms with van der Waals surface area (Å²) in [5, 5.41) is 11.4. The van der Waals surface area contributed by atoms with Crippen LogP contribution in [0.4, 0.5) is 18.0 Å². The normalized spacial score (nSPS) is 15.4. The van der Waals surface area contributed by atoms with E-state index in [0.29, 0.717) is 4.90 Å². The Morgan fingerprint density at radius 1 is 1.31 bits per heavy atom. The van der Waals surface area contributed by atoms with Crippen molar-refractivity contribution in [3.05, 3.63) is 24.3 Å². The lowest BCUT2D eigenvalue weighted by molar-refractivity contribution is -0.275. The number of halogens is 3. The number of hydrogen-bond acceptors (Lipinski definition) is 7. The van der Waals surface area contributed by atoms with E-state index in [1.807, 2.05) is 0 Å². The number of benzene rings is 1. The molecule has 0 saturated carbocycles. The van der Waals surface area contributed by atoms with E-state index in [9.17, 15) is 31.2 Å². The zero-order valence-electron chi connectivity index (χ0n) is 17.0. The van der Waals surface area contributed by atoms with Gasteiger partial charge in [0.15, 0.2) is 16.0 Å². The number of rotatable bonds is 7. The Morgan fingerprint density at radius 2 is 1.94 bits per heavy atom. The third-order valence-electron chi connectivity index (χ3n) is 4.46. The molecule has 1 heterocycles. The second kappa shape index (κ2) is 10.5. The van der Waals surface area contributed by atoms with Crippen LogP contribution in [0.3, 0.4) is 0 Å². The zero-order chi connectivity index (χ0) is 23.9. The maximum Gasteiger partial charge on any atom is 0.573 e. The Kier molecular flexibility index (Phi) is 8.28. The predicted molar refractivity (Wildman–Crippen MR) is 103 cm³/mol. The van der Waals surface area contributed by atoms with E-state index in [2.05, 4.69) is 10.1 Å². The minimum atomic E-state index is -5.11. The fraction of sp³-hybridized carbons (Fsp3) is 0.500. The number of hydrogen-bond donors (Lipinski definition) is 1. The van der Waals surface area contributed by atoms with E-state index in [0.717, 1.165) is 19.2 Å². The van der Waals surface area contributed by atoms with E-state index < -0.39 is 57.0 Å². The van der Waals surface area contributed by atoms with Crippen molar-refractivity contribution < 1.29 is 40.7 Å². The molecule has 3 amide bonds. The SMILES string of the molecule is CN(C#N)C(=O)[C@H](CCS(=O)(=O)c1ccccc1OC(F)(F)F)NC(=O)N1CCOCC1. The number of urea groups is 1. The van der Waals surface area contributed by atoms with E-state index in [1.54, 1.807) is 6.19 Å². The second-order valence-electron chi connectivity index (χ2n) is 6.70. The van der Waals surface area contributed by atoms with E-state index >= 15 is 0 Å². The second-order valence-corrected chi connectivity index (χ2v) is 8.78. The van der Waals surface area contributed by atoms with Gasteiger partial charge in [-0.05, 0) is 18.6 Å². The number of amides is 3. The van der Waals surface area contributed by atoms with Crippen molar-refractivity contribution in [3.63, 3.8) is 0 Å². The molecule has 1 fully saturated rings. The Balaban J connectivity index is 2.20. The van der Waals surface area contributed by atoms with Crippen LogP contribution in [-0.4, -0.2) is 81.7 Å². The topological polar surface area (TPSA) is 129 Å². The van der Waals surface area contributed by atoms with Gasteiger partial charge in [-0.2, -0.15) is 5.26 Å². The molecule has 1 saturated heterocycles. The summed E-state index contributed by atoms with van der Waals surface area (Å²) in [6.45, 7) is 1.07. The molecule has 1 N–H and O–H groups in total. The first-order valence-electron chi connectivity index (χ1n) is 9.32.